The SMILES string of the molecule is CC(C)(CO)C(=O)SCCOP(=O)(NCc1ccc(C(F)(F)F)cc1)OCC1=C(O)C(C)(O)[C@H](n2cnc3c(=O)[nH]c(N)nc32)O1. The van der Waals surface area contributed by atoms with Crippen molar-refractivity contribution in [2.45, 2.75) is 45.3 Å². The Balaban J connectivity index is 1.50. The molecule has 3 aromatic rings. The maximum absolute atomic E-state index is 13.7. The van der Waals surface area contributed by atoms with Crippen LogP contribution >= 0.6 is 19.5 Å². The Bertz CT molecular complexity index is 1730. The third-order valence-electron chi connectivity index (χ3n) is 6.83. The molecular formula is C26H32F3N6O9PS. The molecular weight excluding hydrogens is 660 g/mol. The van der Waals surface area contributed by atoms with E-state index >= 15 is 0 Å². The standard InChI is InChI=1S/C26H32F3N6O9PS/c1-24(2,12-36)22(39)46-9-8-42-45(41,32-10-14-4-6-15(7-5-14)26(27,28)29)43-11-16-18(37)25(3,40)21(44-16)35-13-31-17-19(35)33-23(30)34-20(17)38/h4-7,13,21,36-37,40H,8-12H2,1-3H3,(H,32,41)(H3,30,33,34,38)/t21-,25?,45?/m1/s1. The lowest BCUT2D eigenvalue weighted by molar-refractivity contribution is -0.137. The Morgan fingerprint density at radius 2 is 1.96 bits per heavy atom. The first-order valence-corrected chi connectivity index (χ1v) is 16.0. The number of rotatable bonds is 13. The van der Waals surface area contributed by atoms with Gasteiger partial charge < -0.3 is 25.8 Å². The number of aliphatic hydroxyl groups is 3. The molecule has 46 heavy (non-hydrogen) atoms. The summed E-state index contributed by atoms with van der Waals surface area (Å²) in [5, 5.41) is 33.5. The maximum Gasteiger partial charge on any atom is 0.416 e. The number of carbonyl (C=O) groups excluding carboxylic acids is 1. The number of nitrogens with one attached hydrogen (secondary N) is 2. The third kappa shape index (κ3) is 7.74. The van der Waals surface area contributed by atoms with Crippen LogP contribution in [-0.2, 0) is 35.9 Å². The van der Waals surface area contributed by atoms with Crippen LogP contribution in [0.1, 0.15) is 38.1 Å². The fraction of sp³-hybridized carbons (Fsp3) is 0.462. The zero-order valence-corrected chi connectivity index (χ0v) is 26.4. The Morgan fingerprint density at radius 3 is 2.59 bits per heavy atom. The normalized spacial score (nSPS) is 20.2. The Morgan fingerprint density at radius 1 is 1.28 bits per heavy atom. The summed E-state index contributed by atoms with van der Waals surface area (Å²) >= 11 is 0.822. The number of fused-ring (bicyclic) bond motifs is 1. The number of H-pyrrole nitrogens is 1. The molecule has 2 unspecified atom stereocenters. The molecule has 0 aliphatic carbocycles. The van der Waals surface area contributed by atoms with Crippen molar-refractivity contribution in [1.29, 1.82) is 0 Å². The molecule has 0 fully saturated rings. The molecule has 1 aliphatic rings. The summed E-state index contributed by atoms with van der Waals surface area (Å²) in [5.41, 5.74) is 1.06. The molecule has 3 atom stereocenters. The van der Waals surface area contributed by atoms with Crippen molar-refractivity contribution < 1.29 is 51.6 Å². The van der Waals surface area contributed by atoms with Gasteiger partial charge in [0.25, 0.3) is 5.56 Å². The highest BCUT2D eigenvalue weighted by Gasteiger charge is 2.49. The van der Waals surface area contributed by atoms with E-state index in [1.54, 1.807) is 13.8 Å². The number of hydrogen-bond acceptors (Lipinski definition) is 13. The Kier molecular flexibility index (Phi) is 10.3. The summed E-state index contributed by atoms with van der Waals surface area (Å²) in [5.74, 6) is -1.32. The molecule has 0 spiro atoms. The minimum atomic E-state index is -4.55. The van der Waals surface area contributed by atoms with Gasteiger partial charge in [0.15, 0.2) is 33.4 Å². The van der Waals surface area contributed by atoms with Crippen LogP contribution in [0, 0.1) is 5.41 Å². The molecule has 0 saturated carbocycles. The number of thioether (sulfide) groups is 1. The monoisotopic (exact) mass is 692 g/mol. The summed E-state index contributed by atoms with van der Waals surface area (Å²) in [6.45, 7) is 2.59. The predicted octanol–water partition coefficient (Wildman–Crippen LogP) is 2.98. The number of carbonyl (C=O) groups is 1. The second-order valence-corrected chi connectivity index (χ2v) is 13.9. The van der Waals surface area contributed by atoms with Crippen molar-refractivity contribution in [3.63, 3.8) is 0 Å². The topological polar surface area (TPSA) is 224 Å². The zero-order valence-electron chi connectivity index (χ0n) is 24.7. The van der Waals surface area contributed by atoms with Crippen LogP contribution in [0.25, 0.3) is 11.2 Å². The number of nitrogens with zero attached hydrogens (tertiary/aromatic N) is 3. The molecule has 7 N–H and O–H groups in total. The number of benzene rings is 1. The number of nitrogen functional groups attached to an aromatic ring is 1. The van der Waals surface area contributed by atoms with E-state index in [1.807, 2.05) is 0 Å². The van der Waals surface area contributed by atoms with Gasteiger partial charge in [0.1, 0.15) is 12.9 Å². The van der Waals surface area contributed by atoms with Gasteiger partial charge in [-0.3, -0.25) is 28.2 Å². The van der Waals surface area contributed by atoms with Crippen LogP contribution in [0.3, 0.4) is 0 Å². The highest BCUT2D eigenvalue weighted by atomic mass is 32.2. The van der Waals surface area contributed by atoms with Crippen LogP contribution in [-0.4, -0.2) is 71.1 Å². The van der Waals surface area contributed by atoms with Gasteiger partial charge in [-0.2, -0.15) is 18.2 Å². The molecule has 2 aromatic heterocycles. The summed E-state index contributed by atoms with van der Waals surface area (Å²) in [7, 11) is -4.34. The van der Waals surface area contributed by atoms with Crippen molar-refractivity contribution in [3.8, 4) is 0 Å². The number of alkyl halides is 3. The van der Waals surface area contributed by atoms with E-state index in [2.05, 4.69) is 20.0 Å². The van der Waals surface area contributed by atoms with Crippen molar-refractivity contribution in [1.82, 2.24) is 24.6 Å². The quantitative estimate of drug-likeness (QED) is 0.112. The smallest absolute Gasteiger partial charge is 0.416 e. The molecule has 252 valence electrons. The second-order valence-electron chi connectivity index (χ2n) is 11.0. The van der Waals surface area contributed by atoms with Gasteiger partial charge in [0, 0.05) is 12.3 Å². The number of aromatic amines is 1. The number of ether oxygens (including phenoxy) is 1. The van der Waals surface area contributed by atoms with Gasteiger partial charge >= 0.3 is 13.9 Å². The molecule has 3 heterocycles. The summed E-state index contributed by atoms with van der Waals surface area (Å²) in [6.07, 6.45) is -4.84. The molecule has 1 aliphatic heterocycles. The summed E-state index contributed by atoms with van der Waals surface area (Å²) < 4.78 is 70.5. The Labute approximate surface area is 263 Å². The number of hydrogen-bond donors (Lipinski definition) is 6. The van der Waals surface area contributed by atoms with Crippen molar-refractivity contribution in [2.24, 2.45) is 5.41 Å². The van der Waals surface area contributed by atoms with Gasteiger partial charge in [0.2, 0.25) is 12.2 Å². The van der Waals surface area contributed by atoms with E-state index in [9.17, 15) is 42.6 Å². The Hall–Kier alpha value is -3.45. The first-order chi connectivity index (χ1) is 21.4. The number of aliphatic hydroxyl groups excluding tert-OH is 2. The average Bonchev–Trinajstić information content (AvgIpc) is 3.50. The van der Waals surface area contributed by atoms with Crippen molar-refractivity contribution in [2.75, 3.05) is 31.3 Å². The number of aromatic nitrogens is 4. The van der Waals surface area contributed by atoms with Gasteiger partial charge in [0.05, 0.1) is 24.2 Å². The lowest BCUT2D eigenvalue weighted by Gasteiger charge is -2.25. The maximum atomic E-state index is 13.7. The molecule has 1 aromatic carbocycles. The lowest BCUT2D eigenvalue weighted by Crippen LogP contribution is -2.35. The van der Waals surface area contributed by atoms with Crippen LogP contribution in [0.15, 0.2) is 46.9 Å². The molecule has 20 heteroatoms. The minimum Gasteiger partial charge on any atom is -0.506 e. The number of imidazole rings is 1. The van der Waals surface area contributed by atoms with Crippen LogP contribution in [0.4, 0.5) is 19.1 Å². The lowest BCUT2D eigenvalue weighted by atomic mass is 9.97. The number of halogens is 3. The molecule has 0 saturated heterocycles. The fourth-order valence-electron chi connectivity index (χ4n) is 4.07. The fourth-order valence-corrected chi connectivity index (χ4v) is 6.26. The van der Waals surface area contributed by atoms with E-state index in [1.165, 1.54) is 19.1 Å². The first-order valence-electron chi connectivity index (χ1n) is 13.5. The molecule has 0 amide bonds. The van der Waals surface area contributed by atoms with Gasteiger partial charge in [-0.05, 0) is 38.5 Å². The van der Waals surface area contributed by atoms with E-state index < -0.39 is 61.3 Å². The van der Waals surface area contributed by atoms with Crippen LogP contribution < -0.4 is 16.4 Å². The minimum absolute atomic E-state index is 0.00176. The molecule has 4 rings (SSSR count). The predicted molar refractivity (Wildman–Crippen MR) is 159 cm³/mol. The number of anilines is 1. The summed E-state index contributed by atoms with van der Waals surface area (Å²) in [6, 6.07) is 4.04. The third-order valence-corrected chi connectivity index (χ3v) is 9.55. The highest BCUT2D eigenvalue weighted by Crippen LogP contribution is 2.47. The van der Waals surface area contributed by atoms with Gasteiger partial charge in [-0.15, -0.1) is 0 Å². The largest absolute Gasteiger partial charge is 0.506 e. The van der Waals surface area contributed by atoms with E-state index in [4.69, 9.17) is 19.5 Å². The zero-order chi connectivity index (χ0) is 34.1. The van der Waals surface area contributed by atoms with Crippen LogP contribution in [0.2, 0.25) is 0 Å². The molecule has 15 nitrogen and oxygen atoms in total. The average molecular weight is 693 g/mol. The van der Waals surface area contributed by atoms with Crippen LogP contribution in [0.5, 0.6) is 0 Å². The second kappa shape index (κ2) is 13.3. The van der Waals surface area contributed by atoms with Crippen molar-refractivity contribution in [3.05, 3.63) is 63.6 Å². The van der Waals surface area contributed by atoms with Crippen molar-refractivity contribution >= 4 is 41.7 Å². The van der Waals surface area contributed by atoms with E-state index in [0.29, 0.717) is 5.56 Å². The van der Waals surface area contributed by atoms with Gasteiger partial charge in [-0.25, -0.2) is 14.6 Å². The first kappa shape index (κ1) is 35.4. The molecule has 0 bridgehead atoms. The highest BCUT2D eigenvalue weighted by molar-refractivity contribution is 8.13. The van der Waals surface area contributed by atoms with E-state index in [0.717, 1.165) is 34.8 Å². The number of nitrogens with two attached hydrogens (primary N) is 1. The summed E-state index contributed by atoms with van der Waals surface area (Å²) in [4.78, 5) is 34.8. The molecule has 0 radical (unpaired) electrons. The van der Waals surface area contributed by atoms with E-state index in [-0.39, 0.29) is 46.9 Å². The van der Waals surface area contributed by atoms with Gasteiger partial charge in [-0.1, -0.05) is 23.9 Å².